The van der Waals surface area contributed by atoms with E-state index in [2.05, 4.69) is 11.0 Å². The Balaban J connectivity index is 2.87. The predicted molar refractivity (Wildman–Crippen MR) is 64.8 cm³/mol. The Labute approximate surface area is 97.0 Å². The molecule has 0 saturated carbocycles. The van der Waals surface area contributed by atoms with Gasteiger partial charge in [-0.1, -0.05) is 12.1 Å². The van der Waals surface area contributed by atoms with Crippen LogP contribution < -0.4 is 4.74 Å². The van der Waals surface area contributed by atoms with Crippen LogP contribution in [0, 0.1) is 0 Å². The Morgan fingerprint density at radius 3 is 2.69 bits per heavy atom. The van der Waals surface area contributed by atoms with Gasteiger partial charge < -0.3 is 14.4 Å². The summed E-state index contributed by atoms with van der Waals surface area (Å²) in [5.74, 6) is 0.906. The summed E-state index contributed by atoms with van der Waals surface area (Å²) in [6.45, 7) is 0.845. The van der Waals surface area contributed by atoms with Crippen LogP contribution in [0.4, 0.5) is 0 Å². The molecule has 3 heteroatoms. The molecule has 0 fully saturated rings. The largest absolute Gasteiger partial charge is 0.496 e. The summed E-state index contributed by atoms with van der Waals surface area (Å²) in [5, 5.41) is 0. The number of carbonyl (C=O) groups is 1. The summed E-state index contributed by atoms with van der Waals surface area (Å²) >= 11 is 0. The Morgan fingerprint density at radius 2 is 2.12 bits per heavy atom. The number of methoxy groups -OCH3 is 1. The van der Waals surface area contributed by atoms with Crippen LogP contribution in [0.1, 0.15) is 17.5 Å². The SMILES string of the molecule is COc1ccc(CCC=O)cc1CN(C)C. The lowest BCUT2D eigenvalue weighted by molar-refractivity contribution is -0.107. The molecule has 0 aromatic heterocycles. The fourth-order valence-corrected chi connectivity index (χ4v) is 1.68. The number of benzene rings is 1. The lowest BCUT2D eigenvalue weighted by Gasteiger charge is -2.14. The molecule has 0 heterocycles. The van der Waals surface area contributed by atoms with Crippen LogP contribution in [-0.2, 0) is 17.8 Å². The number of aryl methyl sites for hydroxylation is 1. The topological polar surface area (TPSA) is 29.5 Å². The van der Waals surface area contributed by atoms with E-state index < -0.39 is 0 Å². The van der Waals surface area contributed by atoms with Crippen molar-refractivity contribution in [2.45, 2.75) is 19.4 Å². The van der Waals surface area contributed by atoms with Gasteiger partial charge in [-0.2, -0.15) is 0 Å². The van der Waals surface area contributed by atoms with Crippen LogP contribution in [0.25, 0.3) is 0 Å². The van der Waals surface area contributed by atoms with Crippen molar-refractivity contribution in [2.24, 2.45) is 0 Å². The average molecular weight is 221 g/mol. The molecule has 0 radical (unpaired) electrons. The van der Waals surface area contributed by atoms with Gasteiger partial charge in [0.25, 0.3) is 0 Å². The van der Waals surface area contributed by atoms with Crippen molar-refractivity contribution in [1.82, 2.24) is 4.90 Å². The summed E-state index contributed by atoms with van der Waals surface area (Å²) in [4.78, 5) is 12.4. The molecule has 1 aromatic rings. The van der Waals surface area contributed by atoms with Gasteiger partial charge in [-0.3, -0.25) is 0 Å². The zero-order chi connectivity index (χ0) is 12.0. The highest BCUT2D eigenvalue weighted by molar-refractivity contribution is 5.50. The Morgan fingerprint density at radius 1 is 1.38 bits per heavy atom. The molecule has 3 nitrogen and oxygen atoms in total. The van der Waals surface area contributed by atoms with Gasteiger partial charge >= 0.3 is 0 Å². The molecule has 0 aliphatic heterocycles. The van der Waals surface area contributed by atoms with Crippen LogP contribution in [0.3, 0.4) is 0 Å². The van der Waals surface area contributed by atoms with Crippen LogP contribution in [-0.4, -0.2) is 32.4 Å². The highest BCUT2D eigenvalue weighted by atomic mass is 16.5. The first-order valence-corrected chi connectivity index (χ1v) is 5.41. The predicted octanol–water partition coefficient (Wildman–Crippen LogP) is 1.89. The van der Waals surface area contributed by atoms with E-state index in [-0.39, 0.29) is 0 Å². The first-order chi connectivity index (χ1) is 7.67. The lowest BCUT2D eigenvalue weighted by atomic mass is 10.1. The van der Waals surface area contributed by atoms with E-state index in [1.807, 2.05) is 26.2 Å². The van der Waals surface area contributed by atoms with E-state index in [0.717, 1.165) is 30.6 Å². The van der Waals surface area contributed by atoms with Crippen molar-refractivity contribution in [3.63, 3.8) is 0 Å². The summed E-state index contributed by atoms with van der Waals surface area (Å²) in [5.41, 5.74) is 2.35. The Hall–Kier alpha value is -1.35. The molecule has 1 aromatic carbocycles. The van der Waals surface area contributed by atoms with E-state index in [1.54, 1.807) is 7.11 Å². The number of aldehydes is 1. The minimum absolute atomic E-state index is 0.577. The van der Waals surface area contributed by atoms with Crippen molar-refractivity contribution in [3.8, 4) is 5.75 Å². The van der Waals surface area contributed by atoms with Gasteiger partial charge in [0.05, 0.1) is 7.11 Å². The maximum Gasteiger partial charge on any atom is 0.123 e. The minimum atomic E-state index is 0.577. The van der Waals surface area contributed by atoms with Crippen LogP contribution in [0.2, 0.25) is 0 Å². The monoisotopic (exact) mass is 221 g/mol. The number of carbonyl (C=O) groups excluding carboxylic acids is 1. The molecule has 16 heavy (non-hydrogen) atoms. The van der Waals surface area contributed by atoms with E-state index in [9.17, 15) is 4.79 Å². The Kier molecular flexibility index (Phi) is 4.99. The standard InChI is InChI=1S/C13H19NO2/c1-14(2)10-12-9-11(5-4-8-15)6-7-13(12)16-3/h6-9H,4-5,10H2,1-3H3. The second-order valence-electron chi connectivity index (χ2n) is 4.09. The van der Waals surface area contributed by atoms with Crippen molar-refractivity contribution in [1.29, 1.82) is 0 Å². The molecular formula is C13H19NO2. The first-order valence-electron chi connectivity index (χ1n) is 5.41. The molecule has 0 aliphatic carbocycles. The van der Waals surface area contributed by atoms with Gasteiger partial charge in [0.2, 0.25) is 0 Å². The van der Waals surface area contributed by atoms with E-state index in [0.29, 0.717) is 6.42 Å². The fourth-order valence-electron chi connectivity index (χ4n) is 1.68. The van der Waals surface area contributed by atoms with Crippen LogP contribution >= 0.6 is 0 Å². The van der Waals surface area contributed by atoms with Gasteiger partial charge in [0.15, 0.2) is 0 Å². The van der Waals surface area contributed by atoms with Gasteiger partial charge in [0, 0.05) is 18.5 Å². The lowest BCUT2D eigenvalue weighted by Crippen LogP contribution is -2.11. The molecule has 0 bridgehead atoms. The van der Waals surface area contributed by atoms with Crippen molar-refractivity contribution >= 4 is 6.29 Å². The molecule has 0 atom stereocenters. The molecule has 88 valence electrons. The average Bonchev–Trinajstić information content (AvgIpc) is 2.26. The normalized spacial score (nSPS) is 10.5. The Bertz CT molecular complexity index is 348. The summed E-state index contributed by atoms with van der Waals surface area (Å²) in [6.07, 6.45) is 2.33. The van der Waals surface area contributed by atoms with Gasteiger partial charge in [0.1, 0.15) is 12.0 Å². The van der Waals surface area contributed by atoms with Gasteiger partial charge in [-0.15, -0.1) is 0 Å². The summed E-state index contributed by atoms with van der Waals surface area (Å²) in [7, 11) is 5.73. The third kappa shape index (κ3) is 3.66. The van der Waals surface area contributed by atoms with Gasteiger partial charge in [-0.25, -0.2) is 0 Å². The molecule has 0 saturated heterocycles. The third-order valence-corrected chi connectivity index (χ3v) is 2.38. The number of ether oxygens (including phenoxy) is 1. The number of hydrogen-bond donors (Lipinski definition) is 0. The first kappa shape index (κ1) is 12.7. The quantitative estimate of drug-likeness (QED) is 0.687. The number of rotatable bonds is 6. The van der Waals surface area contributed by atoms with Gasteiger partial charge in [-0.05, 0) is 32.1 Å². The van der Waals surface area contributed by atoms with Crippen molar-refractivity contribution in [2.75, 3.05) is 21.2 Å². The van der Waals surface area contributed by atoms with E-state index in [1.165, 1.54) is 5.56 Å². The maximum absolute atomic E-state index is 10.3. The molecule has 0 unspecified atom stereocenters. The zero-order valence-electron chi connectivity index (χ0n) is 10.2. The van der Waals surface area contributed by atoms with Crippen molar-refractivity contribution in [3.05, 3.63) is 29.3 Å². The van der Waals surface area contributed by atoms with E-state index >= 15 is 0 Å². The zero-order valence-corrected chi connectivity index (χ0v) is 10.2. The highest BCUT2D eigenvalue weighted by Crippen LogP contribution is 2.21. The van der Waals surface area contributed by atoms with Crippen LogP contribution in [0.15, 0.2) is 18.2 Å². The molecule has 0 aliphatic rings. The molecule has 0 amide bonds. The van der Waals surface area contributed by atoms with E-state index in [4.69, 9.17) is 4.74 Å². The number of hydrogen-bond acceptors (Lipinski definition) is 3. The third-order valence-electron chi connectivity index (χ3n) is 2.38. The number of nitrogens with zero attached hydrogens (tertiary/aromatic N) is 1. The van der Waals surface area contributed by atoms with Crippen LogP contribution in [0.5, 0.6) is 5.75 Å². The summed E-state index contributed by atoms with van der Waals surface area (Å²) in [6, 6.07) is 6.10. The highest BCUT2D eigenvalue weighted by Gasteiger charge is 2.05. The molecule has 0 N–H and O–H groups in total. The fraction of sp³-hybridized carbons (Fsp3) is 0.462. The molecule has 1 rings (SSSR count). The molecular weight excluding hydrogens is 202 g/mol. The smallest absolute Gasteiger partial charge is 0.123 e. The molecule has 0 spiro atoms. The second kappa shape index (κ2) is 6.28. The second-order valence-corrected chi connectivity index (χ2v) is 4.09. The minimum Gasteiger partial charge on any atom is -0.496 e. The summed E-state index contributed by atoms with van der Waals surface area (Å²) < 4.78 is 5.31. The maximum atomic E-state index is 10.3. The van der Waals surface area contributed by atoms with Crippen molar-refractivity contribution < 1.29 is 9.53 Å².